The highest BCUT2D eigenvalue weighted by atomic mass is 16.5. The Morgan fingerprint density at radius 1 is 1.12 bits per heavy atom. The second kappa shape index (κ2) is 6.96. The minimum Gasteiger partial charge on any atom is -0.468 e. The van der Waals surface area contributed by atoms with Crippen LogP contribution in [-0.4, -0.2) is 35.1 Å². The molecule has 0 saturated carbocycles. The van der Waals surface area contributed by atoms with E-state index in [1.54, 1.807) is 42.5 Å². The van der Waals surface area contributed by atoms with E-state index in [0.717, 1.165) is 0 Å². The standard InChI is InChI=1S/C18H15N3O4/c1-25-16(22)10-19-17(23)12-6-8-13(9-7-12)21-11-20-15-5-3-2-4-14(15)18(21)24/h2-9,11H,10H2,1H3,(H,19,23). The van der Waals surface area contributed by atoms with Gasteiger partial charge in [0, 0.05) is 5.56 Å². The van der Waals surface area contributed by atoms with Crippen molar-refractivity contribution in [3.63, 3.8) is 0 Å². The number of para-hydroxylation sites is 1. The lowest BCUT2D eigenvalue weighted by molar-refractivity contribution is -0.139. The van der Waals surface area contributed by atoms with Crippen LogP contribution < -0.4 is 10.9 Å². The Morgan fingerprint density at radius 2 is 1.84 bits per heavy atom. The van der Waals surface area contributed by atoms with Gasteiger partial charge in [0.25, 0.3) is 11.5 Å². The number of benzene rings is 2. The summed E-state index contributed by atoms with van der Waals surface area (Å²) in [4.78, 5) is 39.8. The molecule has 0 saturated heterocycles. The molecule has 2 aromatic carbocycles. The predicted octanol–water partition coefficient (Wildman–Crippen LogP) is 1.29. The topological polar surface area (TPSA) is 90.3 Å². The maximum atomic E-state index is 12.6. The van der Waals surface area contributed by atoms with E-state index in [4.69, 9.17) is 0 Å². The highest BCUT2D eigenvalue weighted by molar-refractivity contribution is 5.96. The van der Waals surface area contributed by atoms with E-state index >= 15 is 0 Å². The number of nitrogens with zero attached hydrogens (tertiary/aromatic N) is 2. The lowest BCUT2D eigenvalue weighted by Crippen LogP contribution is -2.30. The van der Waals surface area contributed by atoms with E-state index in [9.17, 15) is 14.4 Å². The molecule has 0 radical (unpaired) electrons. The smallest absolute Gasteiger partial charge is 0.325 e. The largest absolute Gasteiger partial charge is 0.468 e. The molecule has 3 rings (SSSR count). The van der Waals surface area contributed by atoms with Crippen molar-refractivity contribution in [3.8, 4) is 5.69 Å². The van der Waals surface area contributed by atoms with Crippen molar-refractivity contribution >= 4 is 22.8 Å². The van der Waals surface area contributed by atoms with Crippen LogP contribution in [0.3, 0.4) is 0 Å². The molecule has 0 spiro atoms. The molecule has 3 aromatic rings. The second-order valence-corrected chi connectivity index (χ2v) is 5.24. The van der Waals surface area contributed by atoms with E-state index in [1.807, 2.05) is 6.07 Å². The van der Waals surface area contributed by atoms with Crippen LogP contribution in [0.15, 0.2) is 59.7 Å². The van der Waals surface area contributed by atoms with E-state index in [-0.39, 0.29) is 12.1 Å². The van der Waals surface area contributed by atoms with Crippen molar-refractivity contribution in [3.05, 3.63) is 70.8 Å². The Kier molecular flexibility index (Phi) is 4.56. The van der Waals surface area contributed by atoms with Gasteiger partial charge in [0.05, 0.1) is 23.7 Å². The monoisotopic (exact) mass is 337 g/mol. The molecule has 25 heavy (non-hydrogen) atoms. The first-order valence-electron chi connectivity index (χ1n) is 7.52. The van der Waals surface area contributed by atoms with E-state index < -0.39 is 11.9 Å². The molecule has 0 aliphatic rings. The SMILES string of the molecule is COC(=O)CNC(=O)c1ccc(-n2cnc3ccccc3c2=O)cc1. The Bertz CT molecular complexity index is 993. The van der Waals surface area contributed by atoms with Gasteiger partial charge in [0.1, 0.15) is 12.9 Å². The van der Waals surface area contributed by atoms with Gasteiger partial charge in [-0.3, -0.25) is 19.0 Å². The quantitative estimate of drug-likeness (QED) is 0.725. The molecule has 0 fully saturated rings. The summed E-state index contributed by atoms with van der Waals surface area (Å²) in [7, 11) is 1.25. The van der Waals surface area contributed by atoms with Gasteiger partial charge in [0.15, 0.2) is 0 Å². The molecular formula is C18H15N3O4. The van der Waals surface area contributed by atoms with Crippen molar-refractivity contribution in [1.29, 1.82) is 0 Å². The van der Waals surface area contributed by atoms with Gasteiger partial charge in [-0.2, -0.15) is 0 Å². The van der Waals surface area contributed by atoms with Crippen LogP contribution in [0, 0.1) is 0 Å². The van der Waals surface area contributed by atoms with E-state index in [2.05, 4.69) is 15.0 Å². The Labute approximate surface area is 142 Å². The lowest BCUT2D eigenvalue weighted by Gasteiger charge is -2.08. The van der Waals surface area contributed by atoms with Crippen LogP contribution in [0.2, 0.25) is 0 Å². The van der Waals surface area contributed by atoms with Gasteiger partial charge >= 0.3 is 5.97 Å². The number of amides is 1. The van der Waals surface area contributed by atoms with Crippen LogP contribution >= 0.6 is 0 Å². The fourth-order valence-corrected chi connectivity index (χ4v) is 2.35. The third-order valence-corrected chi connectivity index (χ3v) is 3.69. The van der Waals surface area contributed by atoms with Crippen molar-refractivity contribution in [1.82, 2.24) is 14.9 Å². The lowest BCUT2D eigenvalue weighted by atomic mass is 10.2. The molecule has 7 nitrogen and oxygen atoms in total. The average Bonchev–Trinajstić information content (AvgIpc) is 2.66. The number of carbonyl (C=O) groups is 2. The Balaban J connectivity index is 1.85. The summed E-state index contributed by atoms with van der Waals surface area (Å²) in [5.41, 5.74) is 1.40. The zero-order valence-electron chi connectivity index (χ0n) is 13.4. The fourth-order valence-electron chi connectivity index (χ4n) is 2.35. The van der Waals surface area contributed by atoms with Crippen molar-refractivity contribution in [2.24, 2.45) is 0 Å². The van der Waals surface area contributed by atoms with Crippen LogP contribution in [0.25, 0.3) is 16.6 Å². The van der Waals surface area contributed by atoms with E-state index in [1.165, 1.54) is 18.0 Å². The molecule has 0 atom stereocenters. The maximum Gasteiger partial charge on any atom is 0.325 e. The van der Waals surface area contributed by atoms with Crippen LogP contribution in [0.1, 0.15) is 10.4 Å². The number of hydrogen-bond donors (Lipinski definition) is 1. The number of hydrogen-bond acceptors (Lipinski definition) is 5. The van der Waals surface area contributed by atoms with Gasteiger partial charge < -0.3 is 10.1 Å². The molecular weight excluding hydrogens is 322 g/mol. The Morgan fingerprint density at radius 3 is 2.56 bits per heavy atom. The molecule has 7 heteroatoms. The molecule has 0 unspecified atom stereocenters. The summed E-state index contributed by atoms with van der Waals surface area (Å²) in [6.45, 7) is -0.203. The van der Waals surface area contributed by atoms with Crippen LogP contribution in [0.4, 0.5) is 0 Å². The van der Waals surface area contributed by atoms with Crippen molar-refractivity contribution in [2.45, 2.75) is 0 Å². The number of esters is 1. The second-order valence-electron chi connectivity index (χ2n) is 5.24. The highest BCUT2D eigenvalue weighted by Crippen LogP contribution is 2.10. The van der Waals surface area contributed by atoms with Crippen molar-refractivity contribution in [2.75, 3.05) is 13.7 Å². The van der Waals surface area contributed by atoms with Gasteiger partial charge in [-0.15, -0.1) is 0 Å². The van der Waals surface area contributed by atoms with E-state index in [0.29, 0.717) is 22.2 Å². The molecule has 1 N–H and O–H groups in total. The number of ether oxygens (including phenoxy) is 1. The molecule has 0 aliphatic heterocycles. The van der Waals surface area contributed by atoms with Crippen molar-refractivity contribution < 1.29 is 14.3 Å². The molecule has 1 aromatic heterocycles. The summed E-state index contributed by atoms with van der Waals surface area (Å²) in [6, 6.07) is 13.5. The first kappa shape index (κ1) is 16.4. The first-order valence-corrected chi connectivity index (χ1v) is 7.52. The zero-order valence-corrected chi connectivity index (χ0v) is 13.4. The number of aromatic nitrogens is 2. The minimum absolute atomic E-state index is 0.187. The Hall–Kier alpha value is -3.48. The zero-order chi connectivity index (χ0) is 17.8. The summed E-state index contributed by atoms with van der Waals surface area (Å²) in [5, 5.41) is 2.97. The molecule has 1 amide bonds. The third kappa shape index (κ3) is 3.40. The number of carbonyl (C=O) groups excluding carboxylic acids is 2. The summed E-state index contributed by atoms with van der Waals surface area (Å²) in [6.07, 6.45) is 1.46. The third-order valence-electron chi connectivity index (χ3n) is 3.69. The van der Waals surface area contributed by atoms with Crippen LogP contribution in [-0.2, 0) is 9.53 Å². The maximum absolute atomic E-state index is 12.6. The number of nitrogens with one attached hydrogen (secondary N) is 1. The van der Waals surface area contributed by atoms with Gasteiger partial charge in [-0.1, -0.05) is 12.1 Å². The molecule has 0 aliphatic carbocycles. The average molecular weight is 337 g/mol. The van der Waals surface area contributed by atoms with Gasteiger partial charge in [0.2, 0.25) is 0 Å². The molecule has 126 valence electrons. The summed E-state index contributed by atoms with van der Waals surface area (Å²) in [5.74, 6) is -0.931. The normalized spacial score (nSPS) is 10.4. The highest BCUT2D eigenvalue weighted by Gasteiger charge is 2.09. The number of methoxy groups -OCH3 is 1. The fraction of sp³-hybridized carbons (Fsp3) is 0.111. The first-order chi connectivity index (χ1) is 12.1. The van der Waals surface area contributed by atoms with Crippen LogP contribution in [0.5, 0.6) is 0 Å². The molecule has 1 heterocycles. The molecule has 0 bridgehead atoms. The summed E-state index contributed by atoms with van der Waals surface area (Å²) >= 11 is 0. The van der Waals surface area contributed by atoms with Gasteiger partial charge in [-0.05, 0) is 36.4 Å². The number of fused-ring (bicyclic) bond motifs is 1. The minimum atomic E-state index is -0.529. The number of rotatable bonds is 4. The predicted molar refractivity (Wildman–Crippen MR) is 91.7 cm³/mol. The summed E-state index contributed by atoms with van der Waals surface area (Å²) < 4.78 is 5.88. The van der Waals surface area contributed by atoms with Gasteiger partial charge in [-0.25, -0.2) is 4.98 Å².